The molecule has 0 bridgehead atoms. The molecule has 3 rings (SSSR count). The van der Waals surface area contributed by atoms with Gasteiger partial charge in [-0.25, -0.2) is 0 Å². The number of aryl methyl sites for hydroxylation is 1. The monoisotopic (exact) mass is 305 g/mol. The summed E-state index contributed by atoms with van der Waals surface area (Å²) in [6, 6.07) is 5.45. The number of nitrogens with zero attached hydrogens (tertiary/aromatic N) is 1. The summed E-state index contributed by atoms with van der Waals surface area (Å²) in [4.78, 5) is 14.2. The molecule has 0 aliphatic carbocycles. The first kappa shape index (κ1) is 15.3. The van der Waals surface area contributed by atoms with Crippen molar-refractivity contribution in [3.8, 4) is 5.75 Å². The van der Waals surface area contributed by atoms with Crippen LogP contribution in [0.1, 0.15) is 31.2 Å². The van der Waals surface area contributed by atoms with Gasteiger partial charge in [0.25, 0.3) is 0 Å². The Morgan fingerprint density at radius 1 is 1.36 bits per heavy atom. The Balaban J connectivity index is 1.57. The van der Waals surface area contributed by atoms with Crippen molar-refractivity contribution in [1.82, 2.24) is 0 Å². The second-order valence-electron chi connectivity index (χ2n) is 5.87. The van der Waals surface area contributed by atoms with Crippen LogP contribution in [0.25, 0.3) is 0 Å². The minimum atomic E-state index is 0.0227. The van der Waals surface area contributed by atoms with E-state index in [1.165, 1.54) is 0 Å². The third-order valence-electron chi connectivity index (χ3n) is 4.33. The van der Waals surface area contributed by atoms with Crippen molar-refractivity contribution < 1.29 is 19.4 Å². The van der Waals surface area contributed by atoms with Crippen molar-refractivity contribution in [1.29, 1.82) is 0 Å². The van der Waals surface area contributed by atoms with Crippen LogP contribution in [-0.2, 0) is 20.7 Å². The number of rotatable bonds is 4. The predicted octanol–water partition coefficient (Wildman–Crippen LogP) is 2.26. The van der Waals surface area contributed by atoms with E-state index in [1.807, 2.05) is 12.1 Å². The number of ether oxygens (including phenoxy) is 2. The highest BCUT2D eigenvalue weighted by Crippen LogP contribution is 2.35. The lowest BCUT2D eigenvalue weighted by Gasteiger charge is -2.30. The smallest absolute Gasteiger partial charge is 0.229 e. The van der Waals surface area contributed by atoms with Gasteiger partial charge in [-0.1, -0.05) is 12.1 Å². The molecule has 1 aromatic rings. The molecule has 0 spiro atoms. The van der Waals surface area contributed by atoms with Gasteiger partial charge in [-0.3, -0.25) is 4.79 Å². The van der Waals surface area contributed by atoms with Gasteiger partial charge in [-0.05, 0) is 37.3 Å². The Hall–Kier alpha value is -1.59. The van der Waals surface area contributed by atoms with Gasteiger partial charge in [0.15, 0.2) is 0 Å². The number of amides is 1. The first-order valence-corrected chi connectivity index (χ1v) is 8.06. The van der Waals surface area contributed by atoms with E-state index in [1.54, 1.807) is 11.0 Å². The summed E-state index contributed by atoms with van der Waals surface area (Å²) in [5, 5.41) is 10.1. The number of phenols is 1. The van der Waals surface area contributed by atoms with Crippen molar-refractivity contribution >= 4 is 11.6 Å². The molecule has 22 heavy (non-hydrogen) atoms. The predicted molar refractivity (Wildman–Crippen MR) is 83.2 cm³/mol. The zero-order valence-corrected chi connectivity index (χ0v) is 12.8. The first-order chi connectivity index (χ1) is 10.8. The highest BCUT2D eigenvalue weighted by Gasteiger charge is 2.25. The zero-order valence-electron chi connectivity index (χ0n) is 12.8. The molecular formula is C17H23NO4. The maximum Gasteiger partial charge on any atom is 0.229 e. The van der Waals surface area contributed by atoms with Crippen molar-refractivity contribution in [2.75, 3.05) is 31.3 Å². The lowest BCUT2D eigenvalue weighted by molar-refractivity contribution is -0.120. The molecule has 2 aliphatic rings. The average molecular weight is 305 g/mol. The number of fused-ring (bicyclic) bond motifs is 1. The van der Waals surface area contributed by atoms with Crippen molar-refractivity contribution in [2.24, 2.45) is 0 Å². The van der Waals surface area contributed by atoms with Gasteiger partial charge < -0.3 is 19.5 Å². The second-order valence-corrected chi connectivity index (χ2v) is 5.87. The summed E-state index contributed by atoms with van der Waals surface area (Å²) in [6.07, 6.45) is 4.21. The Morgan fingerprint density at radius 2 is 2.18 bits per heavy atom. The van der Waals surface area contributed by atoms with Crippen LogP contribution < -0.4 is 4.90 Å². The van der Waals surface area contributed by atoms with Crippen molar-refractivity contribution in [2.45, 2.75) is 38.2 Å². The lowest BCUT2D eigenvalue weighted by atomic mass is 10.0. The van der Waals surface area contributed by atoms with Crippen LogP contribution in [-0.4, -0.2) is 43.5 Å². The molecular weight excluding hydrogens is 282 g/mol. The van der Waals surface area contributed by atoms with E-state index >= 15 is 0 Å². The number of para-hydroxylation sites is 1. The van der Waals surface area contributed by atoms with E-state index in [2.05, 4.69) is 0 Å². The minimum Gasteiger partial charge on any atom is -0.506 e. The van der Waals surface area contributed by atoms with Gasteiger partial charge in [-0.2, -0.15) is 0 Å². The molecule has 5 heteroatoms. The Bertz CT molecular complexity index is 525. The molecule has 0 aromatic heterocycles. The van der Waals surface area contributed by atoms with E-state index in [0.717, 1.165) is 44.5 Å². The van der Waals surface area contributed by atoms with Crippen LogP contribution in [0.5, 0.6) is 5.75 Å². The van der Waals surface area contributed by atoms with Crippen LogP contribution in [0.3, 0.4) is 0 Å². The number of hydrogen-bond donors (Lipinski definition) is 1. The minimum absolute atomic E-state index is 0.0227. The van der Waals surface area contributed by atoms with E-state index < -0.39 is 0 Å². The van der Waals surface area contributed by atoms with E-state index in [-0.39, 0.29) is 17.8 Å². The Kier molecular flexibility index (Phi) is 4.95. The molecule has 1 N–H and O–H groups in total. The normalized spacial score (nSPS) is 19.0. The van der Waals surface area contributed by atoms with Gasteiger partial charge in [-0.15, -0.1) is 0 Å². The molecule has 0 saturated carbocycles. The molecule has 5 nitrogen and oxygen atoms in total. The average Bonchev–Trinajstić information content (AvgIpc) is 2.55. The first-order valence-electron chi connectivity index (χ1n) is 8.06. The molecule has 1 fully saturated rings. The number of carbonyl (C=O) groups excluding carboxylic acids is 1. The number of anilines is 1. The molecule has 2 aliphatic heterocycles. The van der Waals surface area contributed by atoms with E-state index in [4.69, 9.17) is 9.47 Å². The standard InChI is InChI=1S/C17H23NO4/c19-15-5-1-3-13-4-2-9-18(17(13)15)16(20)8-12-22-14-6-10-21-11-7-14/h1,3,5,14,19H,2,4,6-12H2. The van der Waals surface area contributed by atoms with Crippen molar-refractivity contribution in [3.63, 3.8) is 0 Å². The quantitative estimate of drug-likeness (QED) is 0.927. The van der Waals surface area contributed by atoms with Crippen LogP contribution in [0.15, 0.2) is 18.2 Å². The summed E-state index contributed by atoms with van der Waals surface area (Å²) in [6.45, 7) is 2.58. The van der Waals surface area contributed by atoms with Crippen molar-refractivity contribution in [3.05, 3.63) is 23.8 Å². The molecule has 0 atom stereocenters. The summed E-state index contributed by atoms with van der Waals surface area (Å²) in [5.74, 6) is 0.213. The maximum absolute atomic E-state index is 12.5. The number of benzene rings is 1. The van der Waals surface area contributed by atoms with Gasteiger partial charge in [0.1, 0.15) is 5.75 Å². The summed E-state index contributed by atoms with van der Waals surface area (Å²) < 4.78 is 11.1. The molecule has 1 aromatic carbocycles. The van der Waals surface area contributed by atoms with Crippen LogP contribution in [0.4, 0.5) is 5.69 Å². The number of carbonyl (C=O) groups is 1. The fraction of sp³-hybridized carbons (Fsp3) is 0.588. The van der Waals surface area contributed by atoms with Crippen LogP contribution >= 0.6 is 0 Å². The fourth-order valence-electron chi connectivity index (χ4n) is 3.17. The highest BCUT2D eigenvalue weighted by atomic mass is 16.5. The lowest BCUT2D eigenvalue weighted by Crippen LogP contribution is -2.36. The largest absolute Gasteiger partial charge is 0.506 e. The van der Waals surface area contributed by atoms with Gasteiger partial charge >= 0.3 is 0 Å². The molecule has 1 saturated heterocycles. The molecule has 2 heterocycles. The maximum atomic E-state index is 12.5. The van der Waals surface area contributed by atoms with Crippen LogP contribution in [0.2, 0.25) is 0 Å². The molecule has 1 amide bonds. The number of aromatic hydroxyl groups is 1. The Morgan fingerprint density at radius 3 is 3.00 bits per heavy atom. The summed E-state index contributed by atoms with van der Waals surface area (Å²) in [7, 11) is 0. The molecule has 120 valence electrons. The summed E-state index contributed by atoms with van der Waals surface area (Å²) >= 11 is 0. The fourth-order valence-corrected chi connectivity index (χ4v) is 3.17. The van der Waals surface area contributed by atoms with Crippen LogP contribution in [0, 0.1) is 0 Å². The third kappa shape index (κ3) is 3.42. The van der Waals surface area contributed by atoms with Gasteiger partial charge in [0.05, 0.1) is 24.8 Å². The number of phenolic OH excluding ortho intramolecular Hbond substituents is 1. The van der Waals surface area contributed by atoms with Gasteiger partial charge in [0, 0.05) is 19.8 Å². The molecule has 0 unspecified atom stereocenters. The Labute approximate surface area is 130 Å². The molecule has 0 radical (unpaired) electrons. The topological polar surface area (TPSA) is 59.0 Å². The van der Waals surface area contributed by atoms with Gasteiger partial charge in [0.2, 0.25) is 5.91 Å². The van der Waals surface area contributed by atoms with E-state index in [0.29, 0.717) is 25.3 Å². The third-order valence-corrected chi connectivity index (χ3v) is 4.33. The summed E-state index contributed by atoms with van der Waals surface area (Å²) in [5.41, 5.74) is 1.73. The highest BCUT2D eigenvalue weighted by molar-refractivity contribution is 5.96. The SMILES string of the molecule is O=C(CCOC1CCOCC1)N1CCCc2cccc(O)c21. The van der Waals surface area contributed by atoms with E-state index in [9.17, 15) is 9.90 Å². The zero-order chi connectivity index (χ0) is 15.4. The second kappa shape index (κ2) is 7.11. The number of hydrogen-bond acceptors (Lipinski definition) is 4.